The van der Waals surface area contributed by atoms with E-state index in [2.05, 4.69) is 15.5 Å². The van der Waals surface area contributed by atoms with Gasteiger partial charge in [-0.3, -0.25) is 5.43 Å². The van der Waals surface area contributed by atoms with E-state index < -0.39 is 0 Å². The molecule has 1 heterocycles. The molecule has 0 saturated heterocycles. The van der Waals surface area contributed by atoms with Crippen LogP contribution in [0.15, 0.2) is 77.9 Å². The summed E-state index contributed by atoms with van der Waals surface area (Å²) < 4.78 is 0. The molecule has 1 aromatic heterocycles. The van der Waals surface area contributed by atoms with E-state index in [0.717, 1.165) is 16.8 Å². The van der Waals surface area contributed by atoms with Gasteiger partial charge in [0.15, 0.2) is 5.15 Å². The maximum Gasteiger partial charge on any atom is 0.155 e. The van der Waals surface area contributed by atoms with Crippen LogP contribution in [0.4, 0.5) is 5.69 Å². The number of nitrogens with zero attached hydrogens (tertiary/aromatic N) is 2. The zero-order chi connectivity index (χ0) is 16.1. The Morgan fingerprint density at radius 2 is 1.35 bits per heavy atom. The summed E-state index contributed by atoms with van der Waals surface area (Å²) in [5.74, 6) is 0. The zero-order valence-corrected chi connectivity index (χ0v) is 13.6. The lowest BCUT2D eigenvalue weighted by molar-refractivity contribution is 1.26. The molecule has 5 heteroatoms. The van der Waals surface area contributed by atoms with Crippen LogP contribution < -0.4 is 5.43 Å². The second-order valence-electron chi connectivity index (χ2n) is 4.78. The Kier molecular flexibility index (Phi) is 4.91. The van der Waals surface area contributed by atoms with Gasteiger partial charge in [0, 0.05) is 11.1 Å². The quantitative estimate of drug-likeness (QED) is 0.399. The highest BCUT2D eigenvalue weighted by Crippen LogP contribution is 2.22. The van der Waals surface area contributed by atoms with Crippen LogP contribution in [0.2, 0.25) is 10.3 Å². The van der Waals surface area contributed by atoms with Gasteiger partial charge in [-0.25, -0.2) is 4.98 Å². The lowest BCUT2D eigenvalue weighted by atomic mass is 10.0. The molecule has 0 aliphatic carbocycles. The van der Waals surface area contributed by atoms with Gasteiger partial charge in [-0.1, -0.05) is 83.9 Å². The Labute approximate surface area is 144 Å². The van der Waals surface area contributed by atoms with Gasteiger partial charge < -0.3 is 0 Å². The molecule has 3 rings (SSSR count). The third-order valence-electron chi connectivity index (χ3n) is 3.20. The zero-order valence-electron chi connectivity index (χ0n) is 12.1. The summed E-state index contributed by atoms with van der Waals surface area (Å²) in [5, 5.41) is 5.15. The smallest absolute Gasteiger partial charge is 0.155 e. The first kappa shape index (κ1) is 15.5. The lowest BCUT2D eigenvalue weighted by Gasteiger charge is -2.09. The predicted octanol–water partition coefficient (Wildman–Crippen LogP) is 5.25. The van der Waals surface area contributed by atoms with Crippen molar-refractivity contribution in [1.29, 1.82) is 0 Å². The van der Waals surface area contributed by atoms with Gasteiger partial charge in [0.25, 0.3) is 0 Å². The monoisotopic (exact) mass is 341 g/mol. The van der Waals surface area contributed by atoms with Crippen LogP contribution in [0.1, 0.15) is 11.1 Å². The summed E-state index contributed by atoms with van der Waals surface area (Å²) >= 11 is 11.9. The number of pyridine rings is 1. The van der Waals surface area contributed by atoms with E-state index in [1.165, 1.54) is 0 Å². The molecule has 0 spiro atoms. The number of halogens is 2. The van der Waals surface area contributed by atoms with Crippen LogP contribution in [0.5, 0.6) is 0 Å². The van der Waals surface area contributed by atoms with Crippen molar-refractivity contribution in [1.82, 2.24) is 4.98 Å². The molecule has 1 N–H and O–H groups in total. The van der Waals surface area contributed by atoms with Crippen molar-refractivity contribution in [2.24, 2.45) is 5.10 Å². The number of benzene rings is 2. The highest BCUT2D eigenvalue weighted by molar-refractivity contribution is 6.34. The third kappa shape index (κ3) is 3.89. The van der Waals surface area contributed by atoms with Crippen LogP contribution in [0.25, 0.3) is 0 Å². The van der Waals surface area contributed by atoms with E-state index >= 15 is 0 Å². The molecule has 114 valence electrons. The Hall–Kier alpha value is -2.36. The second-order valence-corrected chi connectivity index (χ2v) is 5.52. The normalized spacial score (nSPS) is 10.2. The first-order valence-corrected chi connectivity index (χ1v) is 7.76. The third-order valence-corrected chi connectivity index (χ3v) is 3.70. The van der Waals surface area contributed by atoms with E-state index in [0.29, 0.717) is 10.8 Å². The molecule has 0 radical (unpaired) electrons. The Morgan fingerprint density at radius 3 is 1.87 bits per heavy atom. The van der Waals surface area contributed by atoms with E-state index in [9.17, 15) is 0 Å². The van der Waals surface area contributed by atoms with Crippen molar-refractivity contribution in [2.45, 2.75) is 0 Å². The fourth-order valence-electron chi connectivity index (χ4n) is 2.10. The highest BCUT2D eigenvalue weighted by atomic mass is 35.5. The molecular formula is C18H13Cl2N3. The van der Waals surface area contributed by atoms with Crippen LogP contribution in [-0.4, -0.2) is 10.7 Å². The van der Waals surface area contributed by atoms with Crippen LogP contribution in [0.3, 0.4) is 0 Å². The average molecular weight is 342 g/mol. The molecule has 0 fully saturated rings. The Bertz CT molecular complexity index is 777. The van der Waals surface area contributed by atoms with Crippen molar-refractivity contribution in [3.8, 4) is 0 Å². The van der Waals surface area contributed by atoms with E-state index in [4.69, 9.17) is 23.2 Å². The van der Waals surface area contributed by atoms with Crippen molar-refractivity contribution in [2.75, 3.05) is 5.43 Å². The number of aromatic nitrogens is 1. The van der Waals surface area contributed by atoms with Gasteiger partial charge in [0.1, 0.15) is 5.15 Å². The van der Waals surface area contributed by atoms with E-state index in [1.807, 2.05) is 60.7 Å². The number of anilines is 1. The Balaban J connectivity index is 1.98. The fraction of sp³-hybridized carbons (Fsp3) is 0. The molecule has 3 nitrogen and oxygen atoms in total. The lowest BCUT2D eigenvalue weighted by Crippen LogP contribution is -2.06. The Morgan fingerprint density at radius 1 is 0.783 bits per heavy atom. The highest BCUT2D eigenvalue weighted by Gasteiger charge is 2.07. The molecule has 0 aliphatic rings. The number of hydrogen-bond donors (Lipinski definition) is 1. The summed E-state index contributed by atoms with van der Waals surface area (Å²) in [5.41, 5.74) is 6.39. The van der Waals surface area contributed by atoms with E-state index in [-0.39, 0.29) is 5.15 Å². The minimum absolute atomic E-state index is 0.279. The number of rotatable bonds is 4. The van der Waals surface area contributed by atoms with Crippen molar-refractivity contribution in [3.05, 3.63) is 94.2 Å². The van der Waals surface area contributed by atoms with Crippen molar-refractivity contribution < 1.29 is 0 Å². The van der Waals surface area contributed by atoms with Crippen LogP contribution in [0, 0.1) is 0 Å². The second kappa shape index (κ2) is 7.27. The predicted molar refractivity (Wildman–Crippen MR) is 96.4 cm³/mol. The topological polar surface area (TPSA) is 37.3 Å². The summed E-state index contributed by atoms with van der Waals surface area (Å²) in [4.78, 5) is 4.00. The van der Waals surface area contributed by atoms with Gasteiger partial charge >= 0.3 is 0 Å². The summed E-state index contributed by atoms with van der Waals surface area (Å²) in [6.45, 7) is 0. The van der Waals surface area contributed by atoms with Crippen LogP contribution >= 0.6 is 23.2 Å². The molecular weight excluding hydrogens is 329 g/mol. The van der Waals surface area contributed by atoms with Gasteiger partial charge in [0.05, 0.1) is 11.4 Å². The largest absolute Gasteiger partial charge is 0.275 e. The van der Waals surface area contributed by atoms with Gasteiger partial charge in [-0.2, -0.15) is 5.10 Å². The molecule has 0 aliphatic heterocycles. The molecule has 0 bridgehead atoms. The molecule has 2 aromatic carbocycles. The number of hydrogen-bond acceptors (Lipinski definition) is 3. The molecule has 3 aromatic rings. The average Bonchev–Trinajstić information content (AvgIpc) is 2.59. The van der Waals surface area contributed by atoms with Gasteiger partial charge in [0.2, 0.25) is 0 Å². The maximum atomic E-state index is 6.08. The van der Waals surface area contributed by atoms with Gasteiger partial charge in [-0.05, 0) is 12.1 Å². The first-order chi connectivity index (χ1) is 11.2. The molecule has 0 atom stereocenters. The maximum absolute atomic E-state index is 6.08. The number of hydrazone groups is 1. The minimum Gasteiger partial charge on any atom is -0.275 e. The number of nitrogens with one attached hydrogen (secondary N) is 1. The fourth-order valence-corrected chi connectivity index (χ4v) is 2.49. The SMILES string of the molecule is Clc1ccc(NN=C(c2ccccc2)c2ccccc2)c(Cl)n1. The van der Waals surface area contributed by atoms with E-state index in [1.54, 1.807) is 12.1 Å². The van der Waals surface area contributed by atoms with Crippen molar-refractivity contribution >= 4 is 34.6 Å². The minimum atomic E-state index is 0.279. The van der Waals surface area contributed by atoms with Gasteiger partial charge in [-0.15, -0.1) is 0 Å². The van der Waals surface area contributed by atoms with Crippen molar-refractivity contribution in [3.63, 3.8) is 0 Å². The standard InChI is InChI=1S/C18H13Cl2N3/c19-16-12-11-15(18(20)21-16)22-23-17(13-7-3-1-4-8-13)14-9-5-2-6-10-14/h1-12,22H. The molecule has 0 saturated carbocycles. The first-order valence-electron chi connectivity index (χ1n) is 7.00. The summed E-state index contributed by atoms with van der Waals surface area (Å²) in [6, 6.07) is 23.3. The molecule has 0 unspecified atom stereocenters. The summed E-state index contributed by atoms with van der Waals surface area (Å²) in [7, 11) is 0. The molecule has 23 heavy (non-hydrogen) atoms. The van der Waals surface area contributed by atoms with Crippen LogP contribution in [-0.2, 0) is 0 Å². The summed E-state index contributed by atoms with van der Waals surface area (Å²) in [6.07, 6.45) is 0. The molecule has 0 amide bonds.